The van der Waals surface area contributed by atoms with Gasteiger partial charge in [0.25, 0.3) is 11.8 Å². The van der Waals surface area contributed by atoms with Crippen LogP contribution in [0.25, 0.3) is 0 Å². The minimum atomic E-state index is -0.885. The van der Waals surface area contributed by atoms with Gasteiger partial charge in [-0.25, -0.2) is 4.98 Å². The van der Waals surface area contributed by atoms with Crippen molar-refractivity contribution in [3.05, 3.63) is 29.6 Å². The van der Waals surface area contributed by atoms with E-state index in [1.54, 1.807) is 27.7 Å². The van der Waals surface area contributed by atoms with Crippen molar-refractivity contribution in [2.45, 2.75) is 79.6 Å². The van der Waals surface area contributed by atoms with Crippen molar-refractivity contribution in [2.75, 3.05) is 13.2 Å². The highest BCUT2D eigenvalue weighted by atomic mass is 16.3. The van der Waals surface area contributed by atoms with Gasteiger partial charge in [-0.2, -0.15) is 0 Å². The number of rotatable bonds is 14. The van der Waals surface area contributed by atoms with Gasteiger partial charge in [0.05, 0.1) is 25.3 Å². The number of amides is 4. The Morgan fingerprint density at radius 2 is 0.974 bits per heavy atom. The third kappa shape index (κ3) is 9.68. The van der Waals surface area contributed by atoms with Gasteiger partial charge in [-0.15, -0.1) is 0 Å². The summed E-state index contributed by atoms with van der Waals surface area (Å²) in [7, 11) is 0. The number of nitrogens with zero attached hydrogens (tertiary/aromatic N) is 1. The van der Waals surface area contributed by atoms with Crippen LogP contribution in [-0.2, 0) is 9.59 Å². The van der Waals surface area contributed by atoms with Crippen LogP contribution in [0.4, 0.5) is 0 Å². The molecule has 0 unspecified atom stereocenters. The molecule has 4 amide bonds. The second kappa shape index (κ2) is 15.4. The van der Waals surface area contributed by atoms with E-state index in [1.807, 2.05) is 27.7 Å². The fourth-order valence-corrected chi connectivity index (χ4v) is 3.58. The summed E-state index contributed by atoms with van der Waals surface area (Å²) in [5, 5.41) is 29.9. The van der Waals surface area contributed by atoms with Crippen LogP contribution in [-0.4, -0.2) is 76.2 Å². The van der Waals surface area contributed by atoms with Gasteiger partial charge in [0.1, 0.15) is 23.5 Å². The molecular formula is C27H45N5O6. The highest BCUT2D eigenvalue weighted by Gasteiger charge is 2.30. The summed E-state index contributed by atoms with van der Waals surface area (Å²) in [5.74, 6) is -2.64. The number of carbonyl (C=O) groups excluding carboxylic acids is 4. The predicted octanol–water partition coefficient (Wildman–Crippen LogP) is 0.857. The number of pyridine rings is 1. The van der Waals surface area contributed by atoms with E-state index in [9.17, 15) is 29.4 Å². The zero-order valence-electron chi connectivity index (χ0n) is 23.7. The van der Waals surface area contributed by atoms with E-state index < -0.39 is 47.8 Å². The first-order valence-electron chi connectivity index (χ1n) is 13.1. The Kier molecular flexibility index (Phi) is 13.4. The number of hydrogen-bond donors (Lipinski definition) is 6. The Bertz CT molecular complexity index is 878. The standard InChI is InChI=1S/C27H45N5O6/c1-14(2)20(12-33)29-26(37)22(16(5)6)31-24(35)18-10-9-11-19(28-18)25(36)32-23(17(7)8)27(38)30-21(13-34)15(3)4/h9-11,14-17,20-23,33-34H,12-13H2,1-8H3,(H,29,37)(H,30,38)(H,31,35)(H,32,36)/t20-,21-,22+,23+/m1/s1. The Labute approximate surface area is 225 Å². The van der Waals surface area contributed by atoms with E-state index in [1.165, 1.54) is 18.2 Å². The van der Waals surface area contributed by atoms with Gasteiger partial charge in [0.15, 0.2) is 0 Å². The first-order chi connectivity index (χ1) is 17.7. The molecule has 11 heteroatoms. The van der Waals surface area contributed by atoms with Gasteiger partial charge in [-0.3, -0.25) is 19.2 Å². The molecule has 11 nitrogen and oxygen atoms in total. The second-order valence-electron chi connectivity index (χ2n) is 10.9. The smallest absolute Gasteiger partial charge is 0.270 e. The zero-order valence-corrected chi connectivity index (χ0v) is 23.7. The van der Waals surface area contributed by atoms with Gasteiger partial charge in [-0.05, 0) is 35.8 Å². The van der Waals surface area contributed by atoms with Crippen molar-refractivity contribution < 1.29 is 29.4 Å². The van der Waals surface area contributed by atoms with Crippen molar-refractivity contribution in [2.24, 2.45) is 23.7 Å². The summed E-state index contributed by atoms with van der Waals surface area (Å²) >= 11 is 0. The molecule has 0 aromatic carbocycles. The summed E-state index contributed by atoms with van der Waals surface area (Å²) in [5.41, 5.74) is -0.131. The molecule has 0 radical (unpaired) electrons. The molecular weight excluding hydrogens is 490 g/mol. The Balaban J connectivity index is 3.03. The summed E-state index contributed by atoms with van der Waals surface area (Å²) in [4.78, 5) is 55.7. The lowest BCUT2D eigenvalue weighted by Crippen LogP contribution is -2.54. The van der Waals surface area contributed by atoms with E-state index in [2.05, 4.69) is 26.3 Å². The molecule has 0 saturated heterocycles. The van der Waals surface area contributed by atoms with Crippen LogP contribution in [0, 0.1) is 23.7 Å². The fourth-order valence-electron chi connectivity index (χ4n) is 3.58. The number of carbonyl (C=O) groups is 4. The Morgan fingerprint density at radius 3 is 1.24 bits per heavy atom. The van der Waals surface area contributed by atoms with Crippen LogP contribution in [0.5, 0.6) is 0 Å². The Morgan fingerprint density at radius 1 is 0.632 bits per heavy atom. The van der Waals surface area contributed by atoms with Crippen LogP contribution in [0.15, 0.2) is 18.2 Å². The van der Waals surface area contributed by atoms with Gasteiger partial charge in [0, 0.05) is 0 Å². The molecule has 0 spiro atoms. The van der Waals surface area contributed by atoms with Crippen LogP contribution in [0.3, 0.4) is 0 Å². The monoisotopic (exact) mass is 535 g/mol. The number of nitrogens with one attached hydrogen (secondary N) is 4. The van der Waals surface area contributed by atoms with Crippen molar-refractivity contribution in [3.8, 4) is 0 Å². The maximum Gasteiger partial charge on any atom is 0.270 e. The van der Waals surface area contributed by atoms with Crippen molar-refractivity contribution in [1.82, 2.24) is 26.3 Å². The van der Waals surface area contributed by atoms with E-state index >= 15 is 0 Å². The Hall–Kier alpha value is -3.05. The first-order valence-corrected chi connectivity index (χ1v) is 13.1. The summed E-state index contributed by atoms with van der Waals surface area (Å²) in [6.45, 7) is 14.1. The van der Waals surface area contributed by atoms with Crippen LogP contribution in [0.1, 0.15) is 76.4 Å². The number of aromatic nitrogens is 1. The van der Waals surface area contributed by atoms with E-state index in [0.29, 0.717) is 0 Å². The lowest BCUT2D eigenvalue weighted by Gasteiger charge is -2.26. The summed E-state index contributed by atoms with van der Waals surface area (Å²) in [6.07, 6.45) is 0. The molecule has 0 saturated carbocycles. The number of hydrogen-bond acceptors (Lipinski definition) is 7. The third-order valence-electron chi connectivity index (χ3n) is 6.34. The van der Waals surface area contributed by atoms with Crippen LogP contribution in [0.2, 0.25) is 0 Å². The fraction of sp³-hybridized carbons (Fsp3) is 0.667. The molecule has 0 bridgehead atoms. The molecule has 0 aliphatic carbocycles. The SMILES string of the molecule is CC(C)[C@H](NC(=O)c1cccc(C(=O)N[C@H](C(=O)N[C@H](CO)C(C)C)C(C)C)n1)C(=O)N[C@H](CO)C(C)C. The first kappa shape index (κ1) is 33.0. The molecule has 0 aliphatic heterocycles. The minimum Gasteiger partial charge on any atom is -0.394 e. The average Bonchev–Trinajstić information content (AvgIpc) is 2.85. The van der Waals surface area contributed by atoms with Gasteiger partial charge in [0.2, 0.25) is 11.8 Å². The average molecular weight is 536 g/mol. The minimum absolute atomic E-state index is 0.000897. The summed E-state index contributed by atoms with van der Waals surface area (Å²) < 4.78 is 0. The van der Waals surface area contributed by atoms with Crippen LogP contribution >= 0.6 is 0 Å². The lowest BCUT2D eigenvalue weighted by molar-refractivity contribution is -0.126. The van der Waals surface area contributed by atoms with Gasteiger partial charge < -0.3 is 31.5 Å². The summed E-state index contributed by atoms with van der Waals surface area (Å²) in [6, 6.07) is 1.66. The molecule has 1 rings (SSSR count). The van der Waals surface area contributed by atoms with Gasteiger partial charge >= 0.3 is 0 Å². The molecule has 214 valence electrons. The third-order valence-corrected chi connectivity index (χ3v) is 6.34. The molecule has 0 aliphatic rings. The zero-order chi connectivity index (χ0) is 29.2. The van der Waals surface area contributed by atoms with Crippen LogP contribution < -0.4 is 21.3 Å². The number of aliphatic hydroxyl groups excluding tert-OH is 2. The molecule has 1 heterocycles. The molecule has 6 N–H and O–H groups in total. The normalized spacial score (nSPS) is 14.7. The predicted molar refractivity (Wildman–Crippen MR) is 144 cm³/mol. The second-order valence-corrected chi connectivity index (χ2v) is 10.9. The highest BCUT2D eigenvalue weighted by Crippen LogP contribution is 2.10. The topological polar surface area (TPSA) is 170 Å². The highest BCUT2D eigenvalue weighted by molar-refractivity contribution is 5.99. The maximum atomic E-state index is 13.0. The van der Waals surface area contributed by atoms with E-state index in [0.717, 1.165) is 0 Å². The van der Waals surface area contributed by atoms with Crippen molar-refractivity contribution >= 4 is 23.6 Å². The molecule has 0 fully saturated rings. The van der Waals surface area contributed by atoms with Crippen molar-refractivity contribution in [3.63, 3.8) is 0 Å². The molecule has 1 aromatic rings. The van der Waals surface area contributed by atoms with Crippen molar-refractivity contribution in [1.29, 1.82) is 0 Å². The molecule has 38 heavy (non-hydrogen) atoms. The number of aliphatic hydroxyl groups is 2. The molecule has 4 atom stereocenters. The maximum absolute atomic E-state index is 13.0. The van der Waals surface area contributed by atoms with Gasteiger partial charge in [-0.1, -0.05) is 61.5 Å². The van der Waals surface area contributed by atoms with E-state index in [-0.39, 0.29) is 48.3 Å². The largest absolute Gasteiger partial charge is 0.394 e. The lowest BCUT2D eigenvalue weighted by atomic mass is 10.0. The molecule has 1 aromatic heterocycles. The quantitative estimate of drug-likeness (QED) is 0.205. The van der Waals surface area contributed by atoms with E-state index in [4.69, 9.17) is 0 Å².